The summed E-state index contributed by atoms with van der Waals surface area (Å²) in [5.74, 6) is 0. The predicted octanol–water partition coefficient (Wildman–Crippen LogP) is 5.50. The highest BCUT2D eigenvalue weighted by Crippen LogP contribution is 2.47. The Morgan fingerprint density at radius 3 is 1.92 bits per heavy atom. The second-order valence-corrected chi connectivity index (χ2v) is 10.6. The minimum absolute atomic E-state index is 0.703. The summed E-state index contributed by atoms with van der Waals surface area (Å²) in [6.45, 7) is 2.06. The molecular formula is C21H16ClOPS. The topological polar surface area (TPSA) is 17.1 Å². The van der Waals surface area contributed by atoms with E-state index in [0.29, 0.717) is 5.02 Å². The Morgan fingerprint density at radius 1 is 0.800 bits per heavy atom. The van der Waals surface area contributed by atoms with Gasteiger partial charge in [-0.2, -0.15) is 0 Å². The first-order chi connectivity index (χ1) is 12.1. The van der Waals surface area contributed by atoms with E-state index in [-0.39, 0.29) is 0 Å². The molecule has 25 heavy (non-hydrogen) atoms. The molecule has 0 amide bonds. The molecule has 0 aliphatic carbocycles. The highest BCUT2D eigenvalue weighted by Gasteiger charge is 2.33. The number of fused-ring (bicyclic) bond motifs is 1. The van der Waals surface area contributed by atoms with Crippen LogP contribution in [0, 0.1) is 6.92 Å². The number of aryl methyl sites for hydroxylation is 1. The molecule has 0 aliphatic rings. The van der Waals surface area contributed by atoms with E-state index in [1.807, 2.05) is 78.9 Å². The van der Waals surface area contributed by atoms with Gasteiger partial charge in [0.1, 0.15) is 0 Å². The lowest BCUT2D eigenvalue weighted by molar-refractivity contribution is 0.593. The summed E-state index contributed by atoms with van der Waals surface area (Å²) in [7, 11) is -2.94. The largest absolute Gasteiger partial charge is 0.308 e. The van der Waals surface area contributed by atoms with Crippen LogP contribution in [0.4, 0.5) is 0 Å². The van der Waals surface area contributed by atoms with Gasteiger partial charge in [0, 0.05) is 25.9 Å². The minimum Gasteiger partial charge on any atom is -0.308 e. The van der Waals surface area contributed by atoms with Gasteiger partial charge in [-0.15, -0.1) is 11.3 Å². The molecule has 1 heterocycles. The number of thiophene rings is 1. The lowest BCUT2D eigenvalue weighted by Crippen LogP contribution is -2.23. The van der Waals surface area contributed by atoms with E-state index < -0.39 is 7.14 Å². The van der Waals surface area contributed by atoms with Gasteiger partial charge in [-0.05, 0) is 24.4 Å². The zero-order chi connectivity index (χ0) is 17.4. The summed E-state index contributed by atoms with van der Waals surface area (Å²) in [6, 6.07) is 25.4. The first-order valence-corrected chi connectivity index (χ1v) is 10.9. The zero-order valence-corrected chi connectivity index (χ0v) is 16.1. The van der Waals surface area contributed by atoms with Crippen LogP contribution in [0.1, 0.15) is 4.88 Å². The fourth-order valence-electron chi connectivity index (χ4n) is 3.14. The van der Waals surface area contributed by atoms with Crippen LogP contribution in [0.5, 0.6) is 0 Å². The summed E-state index contributed by atoms with van der Waals surface area (Å²) < 4.78 is 15.4. The Hall–Kier alpha value is -1.86. The predicted molar refractivity (Wildman–Crippen MR) is 111 cm³/mol. The molecule has 1 aromatic heterocycles. The minimum atomic E-state index is -2.94. The highest BCUT2D eigenvalue weighted by molar-refractivity contribution is 7.89. The molecule has 0 saturated carbocycles. The number of benzene rings is 3. The van der Waals surface area contributed by atoms with Crippen LogP contribution < -0.4 is 15.2 Å². The molecule has 0 unspecified atom stereocenters. The molecule has 0 saturated heterocycles. The van der Waals surface area contributed by atoms with Crippen LogP contribution in [0.25, 0.3) is 10.8 Å². The normalized spacial score (nSPS) is 11.8. The monoisotopic (exact) mass is 382 g/mol. The quantitative estimate of drug-likeness (QED) is 0.427. The molecule has 4 heteroatoms. The van der Waals surface area contributed by atoms with Crippen molar-refractivity contribution >= 4 is 56.1 Å². The van der Waals surface area contributed by atoms with Crippen LogP contribution >= 0.6 is 30.1 Å². The summed E-state index contributed by atoms with van der Waals surface area (Å²) in [6.07, 6.45) is 0. The molecule has 4 aromatic rings. The lowest BCUT2D eigenvalue weighted by Gasteiger charge is -2.18. The van der Waals surface area contributed by atoms with Gasteiger partial charge in [-0.1, -0.05) is 78.3 Å². The van der Waals surface area contributed by atoms with Crippen LogP contribution in [0.2, 0.25) is 5.02 Å². The van der Waals surface area contributed by atoms with Crippen LogP contribution in [0.15, 0.2) is 78.9 Å². The Balaban J connectivity index is 2.09. The van der Waals surface area contributed by atoms with E-state index in [2.05, 4.69) is 6.92 Å². The van der Waals surface area contributed by atoms with E-state index in [0.717, 1.165) is 30.9 Å². The number of halogens is 1. The molecule has 0 atom stereocenters. The fraction of sp³-hybridized carbons (Fsp3) is 0.0476. The molecule has 0 fully saturated rings. The smallest absolute Gasteiger partial charge is 0.181 e. The number of rotatable bonds is 3. The SMILES string of the molecule is Cc1sc(P(=O)(c2ccccc2)c2ccccc2)c2ccc(Cl)cc12. The third kappa shape index (κ3) is 2.75. The van der Waals surface area contributed by atoms with Gasteiger partial charge >= 0.3 is 0 Å². The molecule has 1 nitrogen and oxygen atoms in total. The van der Waals surface area contributed by atoms with Gasteiger partial charge in [0.2, 0.25) is 0 Å². The van der Waals surface area contributed by atoms with Gasteiger partial charge < -0.3 is 4.57 Å². The lowest BCUT2D eigenvalue weighted by atomic mass is 10.2. The van der Waals surface area contributed by atoms with Crippen molar-refractivity contribution in [2.75, 3.05) is 0 Å². The van der Waals surface area contributed by atoms with Gasteiger partial charge in [-0.25, -0.2) is 0 Å². The Bertz CT molecular complexity index is 1040. The highest BCUT2D eigenvalue weighted by atomic mass is 35.5. The number of hydrogen-bond acceptors (Lipinski definition) is 2. The maximum absolute atomic E-state index is 14.5. The molecule has 0 spiro atoms. The van der Waals surface area contributed by atoms with E-state index in [1.54, 1.807) is 11.3 Å². The van der Waals surface area contributed by atoms with Crippen molar-refractivity contribution in [2.24, 2.45) is 0 Å². The molecule has 4 rings (SSSR count). The summed E-state index contributed by atoms with van der Waals surface area (Å²) in [5, 5.41) is 4.54. The Labute approximate surface area is 156 Å². The van der Waals surface area contributed by atoms with Crippen LogP contribution in [-0.2, 0) is 4.57 Å². The van der Waals surface area contributed by atoms with Crippen molar-refractivity contribution in [3.63, 3.8) is 0 Å². The van der Waals surface area contributed by atoms with Crippen molar-refractivity contribution in [3.8, 4) is 0 Å². The third-order valence-corrected chi connectivity index (χ3v) is 9.45. The average Bonchev–Trinajstić information content (AvgIpc) is 2.99. The Morgan fingerprint density at radius 2 is 1.36 bits per heavy atom. The van der Waals surface area contributed by atoms with E-state index >= 15 is 0 Å². The molecule has 3 aromatic carbocycles. The zero-order valence-electron chi connectivity index (χ0n) is 13.6. The van der Waals surface area contributed by atoms with Crippen LogP contribution in [-0.4, -0.2) is 0 Å². The van der Waals surface area contributed by atoms with E-state index in [4.69, 9.17) is 11.6 Å². The maximum atomic E-state index is 14.5. The van der Waals surface area contributed by atoms with Crippen molar-refractivity contribution in [2.45, 2.75) is 6.92 Å². The van der Waals surface area contributed by atoms with E-state index in [9.17, 15) is 4.57 Å². The van der Waals surface area contributed by atoms with Gasteiger partial charge in [-0.3, -0.25) is 0 Å². The standard InChI is InChI=1S/C21H16ClOPS/c1-15-20-14-16(22)12-13-19(20)21(25-15)24(23,17-8-4-2-5-9-17)18-10-6-3-7-11-18/h2-14H,1H3. The van der Waals surface area contributed by atoms with Crippen LogP contribution in [0.3, 0.4) is 0 Å². The Kier molecular flexibility index (Phi) is 4.29. The van der Waals surface area contributed by atoms with Gasteiger partial charge in [0.25, 0.3) is 0 Å². The molecule has 0 bridgehead atoms. The van der Waals surface area contributed by atoms with Crippen molar-refractivity contribution in [1.29, 1.82) is 0 Å². The van der Waals surface area contributed by atoms with E-state index in [1.165, 1.54) is 0 Å². The summed E-state index contributed by atoms with van der Waals surface area (Å²) in [5.41, 5.74) is 0. The van der Waals surface area contributed by atoms with Gasteiger partial charge in [0.05, 0.1) is 4.62 Å². The first kappa shape index (κ1) is 16.6. The maximum Gasteiger partial charge on any atom is 0.181 e. The summed E-state index contributed by atoms with van der Waals surface area (Å²) in [4.78, 5) is 1.14. The molecule has 124 valence electrons. The number of hydrogen-bond donors (Lipinski definition) is 0. The molecule has 0 aliphatic heterocycles. The molecular weight excluding hydrogens is 367 g/mol. The van der Waals surface area contributed by atoms with Crippen molar-refractivity contribution in [3.05, 3.63) is 88.8 Å². The van der Waals surface area contributed by atoms with Crippen molar-refractivity contribution in [1.82, 2.24) is 0 Å². The first-order valence-electron chi connectivity index (χ1n) is 8.01. The average molecular weight is 383 g/mol. The van der Waals surface area contributed by atoms with Gasteiger partial charge in [0.15, 0.2) is 7.14 Å². The van der Waals surface area contributed by atoms with Crippen molar-refractivity contribution < 1.29 is 4.57 Å². The molecule has 0 radical (unpaired) electrons. The fourth-order valence-corrected chi connectivity index (χ4v) is 8.21. The summed E-state index contributed by atoms with van der Waals surface area (Å²) >= 11 is 7.79. The second kappa shape index (κ2) is 6.46. The molecule has 0 N–H and O–H groups in total. The third-order valence-electron chi connectivity index (χ3n) is 4.37. The second-order valence-electron chi connectivity index (χ2n) is 5.93.